The molecule has 2 N–H and O–H groups in total. The first-order chi connectivity index (χ1) is 13.8. The number of para-hydroxylation sites is 1. The van der Waals surface area contributed by atoms with Crippen molar-refractivity contribution in [3.63, 3.8) is 0 Å². The van der Waals surface area contributed by atoms with Gasteiger partial charge >= 0.3 is 0 Å². The van der Waals surface area contributed by atoms with Gasteiger partial charge < -0.3 is 10.5 Å². The van der Waals surface area contributed by atoms with E-state index in [0.29, 0.717) is 5.69 Å². The molecule has 1 fully saturated rings. The van der Waals surface area contributed by atoms with Crippen LogP contribution >= 0.6 is 0 Å². The monoisotopic (exact) mass is 413 g/mol. The summed E-state index contributed by atoms with van der Waals surface area (Å²) in [5.41, 5.74) is 6.83. The van der Waals surface area contributed by atoms with Crippen LogP contribution in [0.25, 0.3) is 11.3 Å². The Morgan fingerprint density at radius 2 is 1.86 bits per heavy atom. The Hall–Kier alpha value is -3.00. The van der Waals surface area contributed by atoms with Crippen LogP contribution in [0.4, 0.5) is 10.2 Å². The smallest absolute Gasteiger partial charge is 0.179 e. The molecule has 1 aliphatic carbocycles. The van der Waals surface area contributed by atoms with E-state index < -0.39 is 15.7 Å². The number of halogens is 1. The molecule has 4 rings (SSSR count). The molecule has 6 nitrogen and oxygen atoms in total. The maximum absolute atomic E-state index is 15.6. The van der Waals surface area contributed by atoms with Gasteiger partial charge in [-0.2, -0.15) is 0 Å². The number of nitrogen functional groups attached to an aromatic ring is 1. The lowest BCUT2D eigenvalue weighted by Crippen LogP contribution is -2.12. The first kappa shape index (κ1) is 19.3. The number of hydrogen-bond donors (Lipinski definition) is 1. The third-order valence-electron chi connectivity index (χ3n) is 5.08. The Morgan fingerprint density at radius 1 is 1.10 bits per heavy atom. The molecule has 0 unspecified atom stereocenters. The second kappa shape index (κ2) is 7.44. The second-order valence-corrected chi connectivity index (χ2v) is 9.10. The molecule has 8 heteroatoms. The third-order valence-corrected chi connectivity index (χ3v) is 6.22. The predicted octanol–water partition coefficient (Wildman–Crippen LogP) is 4.33. The molecule has 0 atom stereocenters. The van der Waals surface area contributed by atoms with Gasteiger partial charge in [-0.1, -0.05) is 24.6 Å². The number of rotatable bonds is 5. The molecule has 1 heterocycles. The van der Waals surface area contributed by atoms with E-state index >= 15 is 4.39 Å². The number of benzene rings is 2. The van der Waals surface area contributed by atoms with Gasteiger partial charge in [0.1, 0.15) is 16.5 Å². The van der Waals surface area contributed by atoms with Gasteiger partial charge in [-0.3, -0.25) is 4.98 Å². The van der Waals surface area contributed by atoms with E-state index in [1.807, 2.05) is 6.07 Å². The van der Waals surface area contributed by atoms with Gasteiger partial charge in [0.05, 0.1) is 18.1 Å². The molecule has 0 spiro atoms. The molecule has 150 valence electrons. The van der Waals surface area contributed by atoms with Crippen molar-refractivity contribution < 1.29 is 17.5 Å². The first-order valence-electron chi connectivity index (χ1n) is 9.22. The van der Waals surface area contributed by atoms with E-state index in [4.69, 9.17) is 10.5 Å². The van der Waals surface area contributed by atoms with Crippen LogP contribution in [-0.4, -0.2) is 24.6 Å². The van der Waals surface area contributed by atoms with Crippen molar-refractivity contribution in [2.24, 2.45) is 0 Å². The zero-order valence-electron chi connectivity index (χ0n) is 15.8. The normalized spacial score (nSPS) is 14.4. The van der Waals surface area contributed by atoms with Crippen molar-refractivity contribution in [3.05, 3.63) is 60.2 Å². The van der Waals surface area contributed by atoms with E-state index in [0.717, 1.165) is 31.1 Å². The first-order valence-corrected chi connectivity index (χ1v) is 11.1. The maximum Gasteiger partial charge on any atom is 0.179 e. The minimum atomic E-state index is -3.54. The number of nitrogens with zero attached hydrogens (tertiary/aromatic N) is 2. The van der Waals surface area contributed by atoms with E-state index in [1.54, 1.807) is 18.2 Å². The van der Waals surface area contributed by atoms with Crippen LogP contribution in [0.2, 0.25) is 0 Å². The van der Waals surface area contributed by atoms with Crippen molar-refractivity contribution >= 4 is 15.7 Å². The number of sulfone groups is 1. The van der Waals surface area contributed by atoms with Crippen LogP contribution < -0.4 is 10.5 Å². The molecule has 1 aromatic heterocycles. The topological polar surface area (TPSA) is 95.2 Å². The number of aromatic nitrogens is 2. The van der Waals surface area contributed by atoms with Crippen molar-refractivity contribution in [1.29, 1.82) is 0 Å². The average molecular weight is 413 g/mol. The number of nitrogens with two attached hydrogens (primary N) is 1. The summed E-state index contributed by atoms with van der Waals surface area (Å²) in [6.07, 6.45) is 6.78. The van der Waals surface area contributed by atoms with E-state index in [-0.39, 0.29) is 33.7 Å². The molecule has 0 bridgehead atoms. The predicted molar refractivity (Wildman–Crippen MR) is 108 cm³/mol. The summed E-state index contributed by atoms with van der Waals surface area (Å²) in [4.78, 5) is 8.12. The van der Waals surface area contributed by atoms with Crippen LogP contribution in [0.5, 0.6) is 11.5 Å². The highest BCUT2D eigenvalue weighted by molar-refractivity contribution is 7.90. The highest BCUT2D eigenvalue weighted by Gasteiger charge is 2.28. The van der Waals surface area contributed by atoms with Gasteiger partial charge in [-0.15, -0.1) is 0 Å². The number of ether oxygens (including phenoxy) is 1. The lowest BCUT2D eigenvalue weighted by atomic mass is 9.79. The van der Waals surface area contributed by atoms with Crippen LogP contribution in [0.15, 0.2) is 53.7 Å². The Kier molecular flexibility index (Phi) is 4.96. The Morgan fingerprint density at radius 3 is 2.48 bits per heavy atom. The fourth-order valence-electron chi connectivity index (χ4n) is 3.34. The summed E-state index contributed by atoms with van der Waals surface area (Å²) in [6, 6.07) is 9.70. The molecule has 0 radical (unpaired) electrons. The fourth-order valence-corrected chi connectivity index (χ4v) is 4.14. The minimum absolute atomic E-state index is 0.0108. The summed E-state index contributed by atoms with van der Waals surface area (Å²) in [6.45, 7) is 0. The Labute approximate surface area is 168 Å². The Bertz CT molecular complexity index is 1160. The summed E-state index contributed by atoms with van der Waals surface area (Å²) in [7, 11) is -3.54. The van der Waals surface area contributed by atoms with Crippen molar-refractivity contribution in [2.45, 2.75) is 30.1 Å². The van der Waals surface area contributed by atoms with Gasteiger partial charge in [-0.05, 0) is 37.0 Å². The molecule has 0 amide bonds. The maximum atomic E-state index is 15.6. The lowest BCUT2D eigenvalue weighted by molar-refractivity contribution is 0.380. The zero-order valence-corrected chi connectivity index (χ0v) is 16.6. The lowest BCUT2D eigenvalue weighted by Gasteiger charge is -2.28. The SMILES string of the molecule is CS(=O)(=O)c1ccccc1Oc1c(C2CCC2)ccc(-c2cnc(N)cn2)c1F. The molecular weight excluding hydrogens is 393 g/mol. The molecule has 2 aromatic carbocycles. The Balaban J connectivity index is 1.85. The van der Waals surface area contributed by atoms with Gasteiger partial charge in [-0.25, -0.2) is 17.8 Å². The molecule has 1 aliphatic rings. The van der Waals surface area contributed by atoms with E-state index in [2.05, 4.69) is 9.97 Å². The number of hydrogen-bond acceptors (Lipinski definition) is 6. The minimum Gasteiger partial charge on any atom is -0.453 e. The molecule has 0 aliphatic heterocycles. The summed E-state index contributed by atoms with van der Waals surface area (Å²) in [5.74, 6) is -0.0658. The van der Waals surface area contributed by atoms with Gasteiger partial charge in [0, 0.05) is 17.4 Å². The summed E-state index contributed by atoms with van der Waals surface area (Å²) < 4.78 is 45.8. The molecule has 0 saturated heterocycles. The summed E-state index contributed by atoms with van der Waals surface area (Å²) in [5, 5.41) is 0. The molecule has 1 saturated carbocycles. The quantitative estimate of drug-likeness (QED) is 0.669. The molecular formula is C21H20FN3O3S. The average Bonchev–Trinajstić information content (AvgIpc) is 2.64. The van der Waals surface area contributed by atoms with E-state index in [1.165, 1.54) is 24.5 Å². The second-order valence-electron chi connectivity index (χ2n) is 7.12. The highest BCUT2D eigenvalue weighted by Crippen LogP contribution is 2.45. The van der Waals surface area contributed by atoms with Crippen molar-refractivity contribution in [2.75, 3.05) is 12.0 Å². The van der Waals surface area contributed by atoms with Gasteiger partial charge in [0.25, 0.3) is 0 Å². The van der Waals surface area contributed by atoms with Crippen LogP contribution in [0.3, 0.4) is 0 Å². The van der Waals surface area contributed by atoms with Crippen molar-refractivity contribution in [1.82, 2.24) is 9.97 Å². The fraction of sp³-hybridized carbons (Fsp3) is 0.238. The zero-order chi connectivity index (χ0) is 20.6. The van der Waals surface area contributed by atoms with Crippen LogP contribution in [-0.2, 0) is 9.84 Å². The summed E-state index contributed by atoms with van der Waals surface area (Å²) >= 11 is 0. The molecule has 3 aromatic rings. The van der Waals surface area contributed by atoms with Gasteiger partial charge in [0.2, 0.25) is 0 Å². The van der Waals surface area contributed by atoms with E-state index in [9.17, 15) is 8.42 Å². The highest BCUT2D eigenvalue weighted by atomic mass is 32.2. The number of anilines is 1. The van der Waals surface area contributed by atoms with Crippen LogP contribution in [0.1, 0.15) is 30.7 Å². The van der Waals surface area contributed by atoms with Gasteiger partial charge in [0.15, 0.2) is 21.4 Å². The van der Waals surface area contributed by atoms with Crippen LogP contribution in [0, 0.1) is 5.82 Å². The third kappa shape index (κ3) is 3.80. The largest absolute Gasteiger partial charge is 0.453 e. The van der Waals surface area contributed by atoms with Crippen molar-refractivity contribution in [3.8, 4) is 22.8 Å². The standard InChI is InChI=1S/C21H20FN3O3S/c1-29(26,27)18-8-3-2-7-17(18)28-21-14(13-5-4-6-13)9-10-15(20(21)22)16-11-25-19(23)12-24-16/h2-3,7-13H,4-6H2,1H3,(H2,23,25). The molecule has 29 heavy (non-hydrogen) atoms.